The van der Waals surface area contributed by atoms with Crippen LogP contribution in [0.2, 0.25) is 5.02 Å². The number of hydrogen-bond acceptors (Lipinski definition) is 5. The van der Waals surface area contributed by atoms with Crippen LogP contribution in [-0.4, -0.2) is 30.4 Å². The van der Waals surface area contributed by atoms with Gasteiger partial charge in [-0.05, 0) is 23.8 Å². The van der Waals surface area contributed by atoms with Gasteiger partial charge in [0.25, 0.3) is 0 Å². The summed E-state index contributed by atoms with van der Waals surface area (Å²) >= 11 is 6.01. The summed E-state index contributed by atoms with van der Waals surface area (Å²) in [5.74, 6) is -0.602. The molecule has 3 heterocycles. The van der Waals surface area contributed by atoms with Crippen LogP contribution >= 0.6 is 11.6 Å². The minimum absolute atomic E-state index is 0.0519. The predicted octanol–water partition coefficient (Wildman–Crippen LogP) is 3.24. The first-order valence-electron chi connectivity index (χ1n) is 7.46. The van der Waals surface area contributed by atoms with Crippen molar-refractivity contribution in [3.8, 4) is 0 Å². The zero-order chi connectivity index (χ0) is 17.4. The number of nitrogens with zero attached hydrogens (tertiary/aromatic N) is 4. The molecule has 0 unspecified atom stereocenters. The number of carboxylic acids is 1. The molecule has 0 saturated carbocycles. The number of aromatic carboxylic acids is 1. The minimum atomic E-state index is -1.10. The van der Waals surface area contributed by atoms with Crippen molar-refractivity contribution in [1.29, 1.82) is 0 Å². The van der Waals surface area contributed by atoms with Gasteiger partial charge in [-0.3, -0.25) is 9.38 Å². The first-order valence-corrected chi connectivity index (χ1v) is 7.84. The molecule has 8 heteroatoms. The van der Waals surface area contributed by atoms with E-state index in [1.54, 1.807) is 28.9 Å². The molecular formula is C17H12ClN5O2. The van der Waals surface area contributed by atoms with Gasteiger partial charge in [0.15, 0.2) is 11.3 Å². The molecule has 0 atom stereocenters. The lowest BCUT2D eigenvalue weighted by atomic mass is 10.2. The van der Waals surface area contributed by atoms with Crippen molar-refractivity contribution in [2.45, 2.75) is 6.54 Å². The van der Waals surface area contributed by atoms with Gasteiger partial charge >= 0.3 is 5.97 Å². The third kappa shape index (κ3) is 2.85. The van der Waals surface area contributed by atoms with E-state index in [9.17, 15) is 9.90 Å². The lowest BCUT2D eigenvalue weighted by Crippen LogP contribution is -2.07. The van der Waals surface area contributed by atoms with Crippen LogP contribution in [0.1, 0.15) is 16.1 Å². The summed E-state index contributed by atoms with van der Waals surface area (Å²) in [6.07, 6.45) is 4.70. The predicted molar refractivity (Wildman–Crippen MR) is 94.0 cm³/mol. The summed E-state index contributed by atoms with van der Waals surface area (Å²) < 4.78 is 1.62. The molecule has 0 aliphatic heterocycles. The van der Waals surface area contributed by atoms with Crippen LogP contribution in [0, 0.1) is 0 Å². The second-order valence-electron chi connectivity index (χ2n) is 5.44. The number of benzene rings is 1. The van der Waals surface area contributed by atoms with Crippen molar-refractivity contribution in [1.82, 2.24) is 19.4 Å². The van der Waals surface area contributed by atoms with Gasteiger partial charge < -0.3 is 10.4 Å². The zero-order valence-corrected chi connectivity index (χ0v) is 13.6. The Kier molecular flexibility index (Phi) is 3.70. The normalized spacial score (nSPS) is 11.1. The Morgan fingerprint density at radius 1 is 1.28 bits per heavy atom. The van der Waals surface area contributed by atoms with E-state index >= 15 is 0 Å². The molecule has 2 N–H and O–H groups in total. The van der Waals surface area contributed by atoms with Gasteiger partial charge in [-0.25, -0.2) is 14.8 Å². The highest BCUT2D eigenvalue weighted by Crippen LogP contribution is 2.22. The molecule has 0 radical (unpaired) electrons. The van der Waals surface area contributed by atoms with Crippen LogP contribution in [0.3, 0.4) is 0 Å². The van der Waals surface area contributed by atoms with Crippen LogP contribution in [0.4, 0.5) is 5.95 Å². The maximum absolute atomic E-state index is 11.3. The zero-order valence-electron chi connectivity index (χ0n) is 12.8. The first-order chi connectivity index (χ1) is 12.1. The lowest BCUT2D eigenvalue weighted by Gasteiger charge is -2.10. The second kappa shape index (κ2) is 6.03. The Hall–Kier alpha value is -3.19. The molecule has 0 aliphatic carbocycles. The number of nitrogens with one attached hydrogen (secondary N) is 1. The summed E-state index contributed by atoms with van der Waals surface area (Å²) in [5, 5.41) is 13.8. The van der Waals surface area contributed by atoms with Crippen LogP contribution < -0.4 is 5.32 Å². The number of carboxylic acid groups (broad SMARTS) is 1. The number of halogens is 1. The number of aromatic nitrogens is 4. The number of rotatable bonds is 4. The standard InChI is InChI=1S/C17H12ClN5O2/c18-11-3-1-2-10(6-11)7-20-17-22-13-4-5-19-8-12(13)15-21-14(16(24)25)9-23(15)17/h1-6,8-9H,7H2,(H,20,22)(H,24,25). The van der Waals surface area contributed by atoms with Gasteiger partial charge in [0.2, 0.25) is 5.95 Å². The molecule has 0 amide bonds. The molecule has 124 valence electrons. The highest BCUT2D eigenvalue weighted by Gasteiger charge is 2.15. The summed E-state index contributed by atoms with van der Waals surface area (Å²) in [4.78, 5) is 24.1. The Balaban J connectivity index is 1.82. The molecule has 4 aromatic rings. The van der Waals surface area contributed by atoms with E-state index in [4.69, 9.17) is 11.6 Å². The van der Waals surface area contributed by atoms with Crippen molar-refractivity contribution in [3.05, 3.63) is 65.2 Å². The molecule has 7 nitrogen and oxygen atoms in total. The maximum Gasteiger partial charge on any atom is 0.356 e. The molecule has 0 bridgehead atoms. The van der Waals surface area contributed by atoms with E-state index in [2.05, 4.69) is 20.3 Å². The summed E-state index contributed by atoms with van der Waals surface area (Å²) in [7, 11) is 0. The van der Waals surface area contributed by atoms with E-state index in [-0.39, 0.29) is 5.69 Å². The highest BCUT2D eigenvalue weighted by molar-refractivity contribution is 6.30. The summed E-state index contributed by atoms with van der Waals surface area (Å²) in [6.45, 7) is 0.486. The minimum Gasteiger partial charge on any atom is -0.476 e. The molecule has 25 heavy (non-hydrogen) atoms. The number of pyridine rings is 1. The van der Waals surface area contributed by atoms with Crippen molar-refractivity contribution < 1.29 is 9.90 Å². The molecule has 3 aromatic heterocycles. The van der Waals surface area contributed by atoms with Gasteiger partial charge in [0.05, 0.1) is 10.9 Å². The van der Waals surface area contributed by atoms with Gasteiger partial charge in [-0.15, -0.1) is 0 Å². The Labute approximate surface area is 146 Å². The molecule has 1 aromatic carbocycles. The Morgan fingerprint density at radius 3 is 2.96 bits per heavy atom. The van der Waals surface area contributed by atoms with Crippen molar-refractivity contribution in [3.63, 3.8) is 0 Å². The smallest absolute Gasteiger partial charge is 0.356 e. The fourth-order valence-electron chi connectivity index (χ4n) is 2.61. The first kappa shape index (κ1) is 15.3. The molecule has 0 saturated heterocycles. The van der Waals surface area contributed by atoms with Crippen LogP contribution in [0.5, 0.6) is 0 Å². The third-order valence-corrected chi connectivity index (χ3v) is 3.99. The molecule has 0 aliphatic rings. The van der Waals surface area contributed by atoms with Crippen LogP contribution in [-0.2, 0) is 6.54 Å². The molecule has 0 spiro atoms. The van der Waals surface area contributed by atoms with Crippen molar-refractivity contribution in [2.24, 2.45) is 0 Å². The lowest BCUT2D eigenvalue weighted by molar-refractivity contribution is 0.0691. The average molecular weight is 354 g/mol. The Morgan fingerprint density at radius 2 is 2.16 bits per heavy atom. The molecule has 4 rings (SSSR count). The summed E-state index contributed by atoms with van der Waals surface area (Å²) in [6, 6.07) is 9.23. The average Bonchev–Trinajstić information content (AvgIpc) is 3.06. The SMILES string of the molecule is O=C(O)c1cn2c(NCc3cccc(Cl)c3)nc3ccncc3c2n1. The fourth-order valence-corrected chi connectivity index (χ4v) is 2.83. The van der Waals surface area contributed by atoms with Crippen molar-refractivity contribution >= 4 is 40.1 Å². The van der Waals surface area contributed by atoms with E-state index in [1.807, 2.05) is 18.2 Å². The van der Waals surface area contributed by atoms with E-state index in [0.717, 1.165) is 5.56 Å². The number of imidazole rings is 1. The number of fused-ring (bicyclic) bond motifs is 3. The maximum atomic E-state index is 11.3. The second-order valence-corrected chi connectivity index (χ2v) is 5.87. The van der Waals surface area contributed by atoms with Gasteiger partial charge in [0.1, 0.15) is 0 Å². The number of carbonyl (C=O) groups is 1. The number of hydrogen-bond donors (Lipinski definition) is 2. The summed E-state index contributed by atoms with van der Waals surface area (Å²) in [5.41, 5.74) is 2.10. The van der Waals surface area contributed by atoms with E-state index in [0.29, 0.717) is 34.1 Å². The fraction of sp³-hybridized carbons (Fsp3) is 0.0588. The van der Waals surface area contributed by atoms with Gasteiger partial charge in [0, 0.05) is 30.2 Å². The van der Waals surface area contributed by atoms with E-state index < -0.39 is 5.97 Å². The molecule has 0 fully saturated rings. The highest BCUT2D eigenvalue weighted by atomic mass is 35.5. The third-order valence-electron chi connectivity index (χ3n) is 3.76. The van der Waals surface area contributed by atoms with Crippen LogP contribution in [0.15, 0.2) is 48.9 Å². The van der Waals surface area contributed by atoms with Gasteiger partial charge in [-0.1, -0.05) is 23.7 Å². The quantitative estimate of drug-likeness (QED) is 0.585. The van der Waals surface area contributed by atoms with Crippen LogP contribution in [0.25, 0.3) is 16.6 Å². The number of anilines is 1. The Bertz CT molecular complexity index is 1110. The van der Waals surface area contributed by atoms with Gasteiger partial charge in [-0.2, -0.15) is 0 Å². The topological polar surface area (TPSA) is 92.4 Å². The van der Waals surface area contributed by atoms with E-state index in [1.165, 1.54) is 6.20 Å². The van der Waals surface area contributed by atoms with Crippen molar-refractivity contribution in [2.75, 3.05) is 5.32 Å². The molecular weight excluding hydrogens is 342 g/mol. The monoisotopic (exact) mass is 353 g/mol. The largest absolute Gasteiger partial charge is 0.476 e.